The van der Waals surface area contributed by atoms with Gasteiger partial charge in [-0.25, -0.2) is 0 Å². The summed E-state index contributed by atoms with van der Waals surface area (Å²) < 4.78 is 2.47. The summed E-state index contributed by atoms with van der Waals surface area (Å²) in [4.78, 5) is 5.13. The predicted molar refractivity (Wildman–Crippen MR) is 109 cm³/mol. The highest BCUT2D eigenvalue weighted by Crippen LogP contribution is 2.55. The smallest absolute Gasteiger partial charge is 0.0586 e. The Labute approximate surface area is 160 Å². The average molecular weight is 455 g/mol. The third-order valence-corrected chi connectivity index (χ3v) is 8.92. The molecule has 1 nitrogen and oxygen atoms in total. The number of fused-ring (bicyclic) bond motifs is 2. The number of halogens is 2. The maximum absolute atomic E-state index is 3.79. The van der Waals surface area contributed by atoms with E-state index in [1.54, 1.807) is 0 Å². The van der Waals surface area contributed by atoms with Crippen molar-refractivity contribution in [3.05, 3.63) is 42.3 Å². The number of benzene rings is 2. The zero-order chi connectivity index (χ0) is 17.2. The van der Waals surface area contributed by atoms with Crippen molar-refractivity contribution >= 4 is 55.0 Å². The molecule has 1 aliphatic rings. The second-order valence-electron chi connectivity index (χ2n) is 6.39. The van der Waals surface area contributed by atoms with Gasteiger partial charge in [0.15, 0.2) is 0 Å². The van der Waals surface area contributed by atoms with Crippen molar-refractivity contribution in [2.45, 2.75) is 51.3 Å². The summed E-state index contributed by atoms with van der Waals surface area (Å²) >= 11 is 9.49. The molecule has 122 valence electrons. The van der Waals surface area contributed by atoms with Gasteiger partial charge in [0.1, 0.15) is 0 Å². The van der Waals surface area contributed by atoms with Crippen LogP contribution in [0.2, 0.25) is 0 Å². The zero-order valence-electron chi connectivity index (χ0n) is 14.6. The molecule has 2 aromatic carbocycles. The Kier molecular flexibility index (Phi) is 4.40. The Balaban J connectivity index is 2.40. The summed E-state index contributed by atoms with van der Waals surface area (Å²) in [5.74, 6) is 0. The SMILES string of the molecule is Cc1c(C)c2c(c(C)c1Br)Sc1c(C)c(Br)c(C)c(C)c1N2C. The van der Waals surface area contributed by atoms with Gasteiger partial charge in [-0.05, 0) is 74.9 Å². The lowest BCUT2D eigenvalue weighted by atomic mass is 9.99. The third-order valence-electron chi connectivity index (χ3n) is 5.14. The molecule has 0 unspecified atom stereocenters. The normalized spacial score (nSPS) is 13.2. The number of rotatable bonds is 0. The molecule has 0 fully saturated rings. The molecular weight excluding hydrogens is 434 g/mol. The van der Waals surface area contributed by atoms with Crippen molar-refractivity contribution in [1.29, 1.82) is 0 Å². The monoisotopic (exact) mass is 453 g/mol. The van der Waals surface area contributed by atoms with Crippen molar-refractivity contribution in [2.24, 2.45) is 0 Å². The maximum atomic E-state index is 3.79. The van der Waals surface area contributed by atoms with Crippen molar-refractivity contribution < 1.29 is 0 Å². The van der Waals surface area contributed by atoms with Gasteiger partial charge in [-0.1, -0.05) is 43.6 Å². The van der Waals surface area contributed by atoms with Crippen LogP contribution in [-0.2, 0) is 0 Å². The minimum atomic E-state index is 1.23. The van der Waals surface area contributed by atoms with Crippen LogP contribution in [0.25, 0.3) is 0 Å². The summed E-state index contributed by atoms with van der Waals surface area (Å²) in [6.07, 6.45) is 0. The first-order chi connectivity index (χ1) is 10.7. The van der Waals surface area contributed by atoms with E-state index in [1.165, 1.54) is 63.5 Å². The van der Waals surface area contributed by atoms with Gasteiger partial charge >= 0.3 is 0 Å². The lowest BCUT2D eigenvalue weighted by Crippen LogP contribution is -2.20. The van der Waals surface area contributed by atoms with E-state index in [-0.39, 0.29) is 0 Å². The molecule has 0 aliphatic carbocycles. The Morgan fingerprint density at radius 3 is 1.30 bits per heavy atom. The first-order valence-corrected chi connectivity index (χ1v) is 10.1. The van der Waals surface area contributed by atoms with Gasteiger partial charge in [0.2, 0.25) is 0 Å². The summed E-state index contributed by atoms with van der Waals surface area (Å²) in [5, 5.41) is 0. The molecule has 0 amide bonds. The average Bonchev–Trinajstić information content (AvgIpc) is 2.53. The molecule has 3 rings (SSSR count). The Hall–Kier alpha value is -0.450. The molecule has 0 bridgehead atoms. The van der Waals surface area contributed by atoms with E-state index in [2.05, 4.69) is 85.3 Å². The third kappa shape index (κ3) is 2.32. The van der Waals surface area contributed by atoms with Gasteiger partial charge in [-0.2, -0.15) is 0 Å². The Bertz CT molecular complexity index is 786. The zero-order valence-corrected chi connectivity index (χ0v) is 18.6. The van der Waals surface area contributed by atoms with E-state index in [4.69, 9.17) is 0 Å². The Morgan fingerprint density at radius 1 is 0.609 bits per heavy atom. The van der Waals surface area contributed by atoms with E-state index < -0.39 is 0 Å². The summed E-state index contributed by atoms with van der Waals surface area (Å²) in [5.41, 5.74) is 10.8. The first-order valence-electron chi connectivity index (χ1n) is 7.68. The van der Waals surface area contributed by atoms with Crippen LogP contribution in [0, 0.1) is 41.5 Å². The topological polar surface area (TPSA) is 3.24 Å². The second kappa shape index (κ2) is 5.82. The molecule has 0 N–H and O–H groups in total. The van der Waals surface area contributed by atoms with Gasteiger partial charge < -0.3 is 4.90 Å². The molecule has 0 radical (unpaired) electrons. The van der Waals surface area contributed by atoms with E-state index in [0.29, 0.717) is 0 Å². The summed E-state index contributed by atoms with van der Waals surface area (Å²) in [7, 11) is 2.21. The molecule has 0 saturated heterocycles. The van der Waals surface area contributed by atoms with E-state index in [9.17, 15) is 0 Å². The van der Waals surface area contributed by atoms with E-state index >= 15 is 0 Å². The van der Waals surface area contributed by atoms with Crippen molar-refractivity contribution in [1.82, 2.24) is 0 Å². The van der Waals surface area contributed by atoms with Crippen molar-refractivity contribution in [2.75, 3.05) is 11.9 Å². The number of hydrogen-bond donors (Lipinski definition) is 0. The predicted octanol–water partition coefficient (Wildman–Crippen LogP) is 7.29. The fraction of sp³-hybridized carbons (Fsp3) is 0.368. The standard InChI is InChI=1S/C19H21Br2NS/c1-8-10(3)16-18(12(5)14(8)20)23-19-13(6)15(21)9(2)11(4)17(19)22(16)7/h1-7H3. The van der Waals surface area contributed by atoms with Gasteiger partial charge in [-0.15, -0.1) is 0 Å². The largest absolute Gasteiger partial charge is 0.342 e. The molecule has 0 saturated carbocycles. The molecule has 1 heterocycles. The van der Waals surface area contributed by atoms with Gasteiger partial charge in [0.05, 0.1) is 11.4 Å². The molecular formula is C19H21Br2NS. The molecule has 2 aromatic rings. The quantitative estimate of drug-likeness (QED) is 0.410. The van der Waals surface area contributed by atoms with Crippen LogP contribution in [0.4, 0.5) is 11.4 Å². The highest BCUT2D eigenvalue weighted by molar-refractivity contribution is 9.10. The van der Waals surface area contributed by atoms with Gasteiger partial charge in [0, 0.05) is 25.8 Å². The lowest BCUT2D eigenvalue weighted by molar-refractivity contribution is 1.02. The molecule has 0 aromatic heterocycles. The number of hydrogen-bond acceptors (Lipinski definition) is 2. The minimum Gasteiger partial charge on any atom is -0.342 e. The van der Waals surface area contributed by atoms with Gasteiger partial charge in [-0.3, -0.25) is 0 Å². The summed E-state index contributed by atoms with van der Waals surface area (Å²) in [6.45, 7) is 13.3. The van der Waals surface area contributed by atoms with Crippen LogP contribution >= 0.6 is 43.6 Å². The lowest BCUT2D eigenvalue weighted by Gasteiger charge is -2.36. The number of anilines is 2. The summed E-state index contributed by atoms with van der Waals surface area (Å²) in [6, 6.07) is 0. The molecule has 4 heteroatoms. The number of nitrogens with zero attached hydrogens (tertiary/aromatic N) is 1. The fourth-order valence-corrected chi connectivity index (χ4v) is 6.16. The second-order valence-corrected chi connectivity index (χ2v) is 9.00. The minimum absolute atomic E-state index is 1.23. The molecule has 0 atom stereocenters. The van der Waals surface area contributed by atoms with Crippen LogP contribution in [0.1, 0.15) is 33.4 Å². The molecule has 0 spiro atoms. The highest BCUT2D eigenvalue weighted by Gasteiger charge is 2.30. The molecule has 23 heavy (non-hydrogen) atoms. The van der Waals surface area contributed by atoms with Crippen molar-refractivity contribution in [3.63, 3.8) is 0 Å². The van der Waals surface area contributed by atoms with Crippen LogP contribution < -0.4 is 4.90 Å². The van der Waals surface area contributed by atoms with E-state index in [1.807, 2.05) is 11.8 Å². The first kappa shape index (κ1) is 17.4. The van der Waals surface area contributed by atoms with Crippen LogP contribution in [0.3, 0.4) is 0 Å². The fourth-order valence-electron chi connectivity index (χ4n) is 3.41. The maximum Gasteiger partial charge on any atom is 0.0586 e. The van der Waals surface area contributed by atoms with Crippen LogP contribution in [0.15, 0.2) is 18.7 Å². The van der Waals surface area contributed by atoms with Crippen LogP contribution in [0.5, 0.6) is 0 Å². The Morgan fingerprint density at radius 2 is 0.957 bits per heavy atom. The highest BCUT2D eigenvalue weighted by atomic mass is 79.9. The van der Waals surface area contributed by atoms with Crippen molar-refractivity contribution in [3.8, 4) is 0 Å². The van der Waals surface area contributed by atoms with E-state index in [0.717, 1.165) is 0 Å². The van der Waals surface area contributed by atoms with Crippen LogP contribution in [-0.4, -0.2) is 7.05 Å². The molecule has 1 aliphatic heterocycles. The van der Waals surface area contributed by atoms with Gasteiger partial charge in [0.25, 0.3) is 0 Å².